The number of hydrogen-bond donors (Lipinski definition) is 2. The van der Waals surface area contributed by atoms with Crippen LogP contribution in [0.3, 0.4) is 0 Å². The van der Waals surface area contributed by atoms with Crippen LogP contribution < -0.4 is 10.1 Å². The molecule has 0 spiro atoms. The molecule has 2 N–H and O–H groups in total. The molecule has 2 rings (SSSR count). The quantitative estimate of drug-likeness (QED) is 0.845. The molecule has 2 aromatic carbocycles. The first kappa shape index (κ1) is 15.4. The molecule has 0 heterocycles. The minimum atomic E-state index is -0.151. The van der Waals surface area contributed by atoms with Crippen molar-refractivity contribution in [3.05, 3.63) is 59.7 Å². The van der Waals surface area contributed by atoms with Gasteiger partial charge in [0, 0.05) is 5.69 Å². The first-order chi connectivity index (χ1) is 10.1. The maximum atomic E-state index is 9.70. The van der Waals surface area contributed by atoms with Gasteiger partial charge >= 0.3 is 0 Å². The van der Waals surface area contributed by atoms with Gasteiger partial charge in [-0.05, 0) is 50.1 Å². The fraction of sp³-hybridized carbons (Fsp3) is 0.333. The summed E-state index contributed by atoms with van der Waals surface area (Å²) in [7, 11) is 0. The van der Waals surface area contributed by atoms with E-state index in [0.29, 0.717) is 0 Å². The molecule has 0 bridgehead atoms. The first-order valence-electron chi connectivity index (χ1n) is 7.30. The molecule has 0 fully saturated rings. The van der Waals surface area contributed by atoms with Crippen molar-refractivity contribution in [3.8, 4) is 5.75 Å². The molecule has 0 saturated carbocycles. The average Bonchev–Trinajstić information content (AvgIpc) is 2.46. The summed E-state index contributed by atoms with van der Waals surface area (Å²) < 4.78 is 5.71. The lowest BCUT2D eigenvalue weighted by Gasteiger charge is -2.20. The molecule has 1 atom stereocenters. The summed E-state index contributed by atoms with van der Waals surface area (Å²) in [4.78, 5) is 0. The van der Waals surface area contributed by atoms with Crippen LogP contribution in [0.2, 0.25) is 0 Å². The number of aryl methyl sites for hydroxylation is 1. The van der Waals surface area contributed by atoms with Crippen LogP contribution >= 0.6 is 0 Å². The predicted octanol–water partition coefficient (Wildman–Crippen LogP) is 3.93. The summed E-state index contributed by atoms with van der Waals surface area (Å²) in [5, 5.41) is 13.1. The van der Waals surface area contributed by atoms with Gasteiger partial charge in [-0.25, -0.2) is 0 Å². The van der Waals surface area contributed by atoms with Gasteiger partial charge in [-0.15, -0.1) is 0 Å². The van der Waals surface area contributed by atoms with Crippen molar-refractivity contribution in [1.82, 2.24) is 0 Å². The smallest absolute Gasteiger partial charge is 0.120 e. The minimum Gasteiger partial charge on any atom is -0.491 e. The van der Waals surface area contributed by atoms with Gasteiger partial charge in [-0.2, -0.15) is 0 Å². The zero-order valence-electron chi connectivity index (χ0n) is 12.8. The lowest BCUT2D eigenvalue weighted by molar-refractivity contribution is 0.241. The Morgan fingerprint density at radius 3 is 2.52 bits per heavy atom. The monoisotopic (exact) mass is 285 g/mol. The highest BCUT2D eigenvalue weighted by molar-refractivity contribution is 5.52. The van der Waals surface area contributed by atoms with Gasteiger partial charge in [0.1, 0.15) is 5.75 Å². The predicted molar refractivity (Wildman–Crippen MR) is 86.8 cm³/mol. The van der Waals surface area contributed by atoms with Gasteiger partial charge in [-0.3, -0.25) is 0 Å². The highest BCUT2D eigenvalue weighted by Gasteiger charge is 2.12. The van der Waals surface area contributed by atoms with E-state index in [0.717, 1.165) is 22.6 Å². The summed E-state index contributed by atoms with van der Waals surface area (Å²) in [6.07, 6.45) is 0.136. The van der Waals surface area contributed by atoms with Crippen LogP contribution in [0.4, 0.5) is 5.69 Å². The molecule has 0 radical (unpaired) electrons. The number of ether oxygens (including phenoxy) is 1. The molecular formula is C18H23NO2. The number of aliphatic hydroxyl groups is 1. The van der Waals surface area contributed by atoms with Crippen LogP contribution in [0.25, 0.3) is 0 Å². The van der Waals surface area contributed by atoms with Crippen LogP contribution in [-0.4, -0.2) is 17.8 Å². The lowest BCUT2D eigenvalue weighted by Crippen LogP contribution is -2.16. The zero-order chi connectivity index (χ0) is 15.2. The molecule has 3 nitrogen and oxygen atoms in total. The Morgan fingerprint density at radius 1 is 1.10 bits per heavy atom. The molecule has 2 aromatic rings. The van der Waals surface area contributed by atoms with Crippen molar-refractivity contribution < 1.29 is 9.84 Å². The molecule has 0 aromatic heterocycles. The Bertz CT molecular complexity index is 581. The molecule has 21 heavy (non-hydrogen) atoms. The van der Waals surface area contributed by atoms with Gasteiger partial charge in [-0.1, -0.05) is 30.3 Å². The number of nitrogens with one attached hydrogen (secondary N) is 1. The van der Waals surface area contributed by atoms with Gasteiger partial charge < -0.3 is 15.2 Å². The van der Waals surface area contributed by atoms with Crippen LogP contribution in [0.1, 0.15) is 31.0 Å². The topological polar surface area (TPSA) is 41.5 Å². The fourth-order valence-corrected chi connectivity index (χ4v) is 2.23. The lowest BCUT2D eigenvalue weighted by atomic mass is 10.1. The summed E-state index contributed by atoms with van der Waals surface area (Å²) in [5.74, 6) is 0.826. The highest BCUT2D eigenvalue weighted by atomic mass is 16.5. The summed E-state index contributed by atoms with van der Waals surface area (Å²) in [5.41, 5.74) is 3.20. The number of aliphatic hydroxyl groups excluding tert-OH is 1. The zero-order valence-corrected chi connectivity index (χ0v) is 12.8. The number of anilines is 1. The van der Waals surface area contributed by atoms with E-state index in [-0.39, 0.29) is 18.8 Å². The second-order valence-corrected chi connectivity index (χ2v) is 5.43. The Hall–Kier alpha value is -2.00. The largest absolute Gasteiger partial charge is 0.491 e. The molecule has 0 saturated heterocycles. The van der Waals surface area contributed by atoms with Gasteiger partial charge in [0.15, 0.2) is 0 Å². The van der Waals surface area contributed by atoms with E-state index in [1.165, 1.54) is 0 Å². The second-order valence-electron chi connectivity index (χ2n) is 5.43. The SMILES string of the molecule is Cc1ccccc1NC(CO)c1cccc(OC(C)C)c1. The first-order valence-corrected chi connectivity index (χ1v) is 7.30. The van der Waals surface area contributed by atoms with Crippen LogP contribution in [0.5, 0.6) is 5.75 Å². The summed E-state index contributed by atoms with van der Waals surface area (Å²) in [6.45, 7) is 6.08. The maximum Gasteiger partial charge on any atom is 0.120 e. The van der Waals surface area contributed by atoms with E-state index in [9.17, 15) is 5.11 Å². The fourth-order valence-electron chi connectivity index (χ4n) is 2.23. The number of benzene rings is 2. The summed E-state index contributed by atoms with van der Waals surface area (Å²) >= 11 is 0. The molecular weight excluding hydrogens is 262 g/mol. The van der Waals surface area contributed by atoms with Crippen LogP contribution in [0.15, 0.2) is 48.5 Å². The number of para-hydroxylation sites is 1. The molecule has 1 unspecified atom stereocenters. The molecule has 0 aliphatic heterocycles. The van der Waals surface area contributed by atoms with Crippen molar-refractivity contribution in [3.63, 3.8) is 0 Å². The van der Waals surface area contributed by atoms with Crippen molar-refractivity contribution in [2.24, 2.45) is 0 Å². The van der Waals surface area contributed by atoms with Crippen molar-refractivity contribution in [2.75, 3.05) is 11.9 Å². The van der Waals surface area contributed by atoms with Crippen molar-refractivity contribution in [1.29, 1.82) is 0 Å². The van der Waals surface area contributed by atoms with Crippen LogP contribution in [0, 0.1) is 6.92 Å². The second kappa shape index (κ2) is 7.14. The van der Waals surface area contributed by atoms with E-state index in [1.807, 2.05) is 56.3 Å². The van der Waals surface area contributed by atoms with E-state index < -0.39 is 0 Å². The molecule has 0 aliphatic rings. The maximum absolute atomic E-state index is 9.70. The standard InChI is InChI=1S/C18H23NO2/c1-13(2)21-16-9-6-8-15(11-16)18(12-20)19-17-10-5-4-7-14(17)3/h4-11,13,18-20H,12H2,1-3H3. The molecule has 0 aliphatic carbocycles. The Morgan fingerprint density at radius 2 is 1.86 bits per heavy atom. The van der Waals surface area contributed by atoms with Gasteiger partial charge in [0.05, 0.1) is 18.8 Å². The average molecular weight is 285 g/mol. The third-order valence-electron chi connectivity index (χ3n) is 3.29. The normalized spacial score (nSPS) is 12.2. The van der Waals surface area contributed by atoms with E-state index >= 15 is 0 Å². The molecule has 0 amide bonds. The van der Waals surface area contributed by atoms with E-state index in [1.54, 1.807) is 0 Å². The minimum absolute atomic E-state index is 0.0272. The summed E-state index contributed by atoms with van der Waals surface area (Å²) in [6, 6.07) is 15.8. The van der Waals surface area contributed by atoms with Crippen molar-refractivity contribution >= 4 is 5.69 Å². The molecule has 3 heteroatoms. The third-order valence-corrected chi connectivity index (χ3v) is 3.29. The van der Waals surface area contributed by atoms with Crippen LogP contribution in [-0.2, 0) is 0 Å². The Labute approximate surface area is 126 Å². The van der Waals surface area contributed by atoms with Gasteiger partial charge in [0.2, 0.25) is 0 Å². The van der Waals surface area contributed by atoms with Crippen molar-refractivity contribution in [2.45, 2.75) is 32.9 Å². The molecule has 112 valence electrons. The Kier molecular flexibility index (Phi) is 5.23. The van der Waals surface area contributed by atoms with E-state index in [4.69, 9.17) is 4.74 Å². The third kappa shape index (κ3) is 4.23. The van der Waals surface area contributed by atoms with Gasteiger partial charge in [0.25, 0.3) is 0 Å². The Balaban J connectivity index is 2.19. The number of rotatable bonds is 6. The highest BCUT2D eigenvalue weighted by Crippen LogP contribution is 2.25. The number of hydrogen-bond acceptors (Lipinski definition) is 3. The van der Waals surface area contributed by atoms with E-state index in [2.05, 4.69) is 18.3 Å².